The molecule has 2 unspecified atom stereocenters. The van der Waals surface area contributed by atoms with Crippen molar-refractivity contribution in [2.45, 2.75) is 70.4 Å². The van der Waals surface area contributed by atoms with E-state index in [0.717, 1.165) is 17.8 Å². The largest absolute Gasteiger partial charge is 0.468 e. The van der Waals surface area contributed by atoms with E-state index >= 15 is 0 Å². The van der Waals surface area contributed by atoms with Gasteiger partial charge in [0, 0.05) is 6.04 Å². The van der Waals surface area contributed by atoms with Crippen LogP contribution in [0.3, 0.4) is 0 Å². The van der Waals surface area contributed by atoms with Crippen LogP contribution in [0.15, 0.2) is 0 Å². The average Bonchev–Trinajstić information content (AvgIpc) is 3.26. The highest BCUT2D eigenvalue weighted by Gasteiger charge is 2.54. The number of hydrogen-bond donors (Lipinski definition) is 1. The van der Waals surface area contributed by atoms with Gasteiger partial charge in [0.2, 0.25) is 0 Å². The van der Waals surface area contributed by atoms with Crippen molar-refractivity contribution >= 4 is 5.97 Å². The van der Waals surface area contributed by atoms with Crippen molar-refractivity contribution in [3.8, 4) is 0 Å². The molecule has 0 aliphatic heterocycles. The second-order valence-electron chi connectivity index (χ2n) is 8.51. The first-order valence-corrected chi connectivity index (χ1v) is 8.93. The predicted octanol–water partition coefficient (Wildman–Crippen LogP) is 3.13. The third kappa shape index (κ3) is 2.42. The summed E-state index contributed by atoms with van der Waals surface area (Å²) in [4.78, 5) is 12.1. The molecule has 0 aromatic heterocycles. The highest BCUT2D eigenvalue weighted by Crippen LogP contribution is 2.61. The molecule has 2 atom stereocenters. The van der Waals surface area contributed by atoms with Gasteiger partial charge in [-0.25, -0.2) is 0 Å². The van der Waals surface area contributed by atoms with Gasteiger partial charge >= 0.3 is 5.97 Å². The molecule has 3 nitrogen and oxygen atoms in total. The van der Waals surface area contributed by atoms with Gasteiger partial charge in [-0.3, -0.25) is 4.79 Å². The molecule has 5 aliphatic carbocycles. The molecule has 118 valence electrons. The molecular weight excluding hydrogens is 262 g/mol. The Hall–Kier alpha value is -0.570. The van der Waals surface area contributed by atoms with Gasteiger partial charge in [0.25, 0.3) is 0 Å². The Morgan fingerprint density at radius 2 is 1.62 bits per heavy atom. The first-order valence-electron chi connectivity index (χ1n) is 8.93. The van der Waals surface area contributed by atoms with E-state index in [2.05, 4.69) is 12.2 Å². The van der Waals surface area contributed by atoms with Gasteiger partial charge in [0.1, 0.15) is 6.04 Å². The van der Waals surface area contributed by atoms with Crippen LogP contribution in [0.5, 0.6) is 0 Å². The van der Waals surface area contributed by atoms with Crippen LogP contribution in [-0.2, 0) is 9.53 Å². The van der Waals surface area contributed by atoms with Crippen LogP contribution in [0.2, 0.25) is 0 Å². The molecule has 0 aromatic rings. The Morgan fingerprint density at radius 3 is 2.05 bits per heavy atom. The molecule has 0 saturated heterocycles. The lowest BCUT2D eigenvalue weighted by Crippen LogP contribution is -2.58. The van der Waals surface area contributed by atoms with E-state index in [9.17, 15) is 4.79 Å². The summed E-state index contributed by atoms with van der Waals surface area (Å²) >= 11 is 0. The van der Waals surface area contributed by atoms with E-state index in [4.69, 9.17) is 4.74 Å². The Balaban J connectivity index is 1.49. The molecular formula is C18H29NO2. The number of carbonyl (C=O) groups is 1. The summed E-state index contributed by atoms with van der Waals surface area (Å²) in [7, 11) is 1.52. The summed E-state index contributed by atoms with van der Waals surface area (Å²) in [6.07, 6.45) is 11.0. The number of methoxy groups -OCH3 is 1. The summed E-state index contributed by atoms with van der Waals surface area (Å²) in [5.41, 5.74) is 0.468. The Bertz CT molecular complexity index is 394. The van der Waals surface area contributed by atoms with Crippen LogP contribution >= 0.6 is 0 Å². The lowest BCUT2D eigenvalue weighted by Gasteiger charge is -2.59. The monoisotopic (exact) mass is 291 g/mol. The quantitative estimate of drug-likeness (QED) is 0.791. The highest BCUT2D eigenvalue weighted by molar-refractivity contribution is 5.76. The summed E-state index contributed by atoms with van der Waals surface area (Å²) < 4.78 is 5.03. The average molecular weight is 291 g/mol. The maximum absolute atomic E-state index is 12.1. The first-order chi connectivity index (χ1) is 10.1. The third-order valence-corrected chi connectivity index (χ3v) is 6.98. The van der Waals surface area contributed by atoms with Gasteiger partial charge < -0.3 is 10.1 Å². The number of esters is 1. The van der Waals surface area contributed by atoms with Crippen LogP contribution in [0, 0.1) is 29.1 Å². The zero-order chi connectivity index (χ0) is 14.6. The Kier molecular flexibility index (Phi) is 3.33. The van der Waals surface area contributed by atoms with Gasteiger partial charge in [0.15, 0.2) is 0 Å². The molecule has 0 amide bonds. The van der Waals surface area contributed by atoms with Crippen LogP contribution in [0.1, 0.15) is 58.3 Å². The molecule has 5 fully saturated rings. The van der Waals surface area contributed by atoms with Gasteiger partial charge in [-0.05, 0) is 87.4 Å². The van der Waals surface area contributed by atoms with Crippen molar-refractivity contribution in [3.63, 3.8) is 0 Å². The minimum absolute atomic E-state index is 0.0471. The summed E-state index contributed by atoms with van der Waals surface area (Å²) in [5, 5.41) is 3.71. The fourth-order valence-electron chi connectivity index (χ4n) is 6.11. The van der Waals surface area contributed by atoms with E-state index in [0.29, 0.717) is 17.4 Å². The predicted molar refractivity (Wildman–Crippen MR) is 81.7 cm³/mol. The number of hydrogen-bond acceptors (Lipinski definition) is 3. The number of rotatable bonds is 5. The van der Waals surface area contributed by atoms with E-state index < -0.39 is 0 Å². The normalized spacial score (nSPS) is 43.6. The van der Waals surface area contributed by atoms with E-state index in [1.54, 1.807) is 0 Å². The zero-order valence-corrected chi connectivity index (χ0v) is 13.4. The maximum atomic E-state index is 12.1. The van der Waals surface area contributed by atoms with Gasteiger partial charge in [0.05, 0.1) is 7.11 Å². The summed E-state index contributed by atoms with van der Waals surface area (Å²) in [5.74, 6) is 3.39. The Morgan fingerprint density at radius 1 is 1.10 bits per heavy atom. The van der Waals surface area contributed by atoms with Crippen molar-refractivity contribution < 1.29 is 9.53 Å². The van der Waals surface area contributed by atoms with Gasteiger partial charge in [-0.2, -0.15) is 0 Å². The summed E-state index contributed by atoms with van der Waals surface area (Å²) in [6, 6.07) is 0.397. The highest BCUT2D eigenvalue weighted by atomic mass is 16.5. The van der Waals surface area contributed by atoms with Crippen molar-refractivity contribution in [2.24, 2.45) is 29.1 Å². The fourth-order valence-corrected chi connectivity index (χ4v) is 6.11. The van der Waals surface area contributed by atoms with Crippen LogP contribution in [0.4, 0.5) is 0 Å². The molecule has 4 bridgehead atoms. The molecule has 5 saturated carbocycles. The lowest BCUT2D eigenvalue weighted by atomic mass is 9.48. The molecule has 5 aliphatic rings. The number of nitrogens with one attached hydrogen (secondary N) is 1. The van der Waals surface area contributed by atoms with Crippen molar-refractivity contribution in [2.75, 3.05) is 7.11 Å². The van der Waals surface area contributed by atoms with E-state index in [1.807, 2.05) is 0 Å². The van der Waals surface area contributed by atoms with E-state index in [1.165, 1.54) is 58.5 Å². The number of carbonyl (C=O) groups excluding carboxylic acids is 1. The molecule has 3 heteroatoms. The van der Waals surface area contributed by atoms with Crippen molar-refractivity contribution in [3.05, 3.63) is 0 Å². The van der Waals surface area contributed by atoms with Crippen LogP contribution < -0.4 is 5.32 Å². The Labute approximate surface area is 128 Å². The molecule has 0 radical (unpaired) electrons. The number of ether oxygens (including phenoxy) is 1. The van der Waals surface area contributed by atoms with Crippen molar-refractivity contribution in [1.29, 1.82) is 0 Å². The SMILES string of the molecule is COC(=O)C(NC(C)C12CC3CC(CC(C3)C1)C2)C1CC1. The second-order valence-corrected chi connectivity index (χ2v) is 8.51. The van der Waals surface area contributed by atoms with Crippen LogP contribution in [-0.4, -0.2) is 25.2 Å². The molecule has 21 heavy (non-hydrogen) atoms. The van der Waals surface area contributed by atoms with Crippen LogP contribution in [0.25, 0.3) is 0 Å². The standard InChI is InChI=1S/C18H29NO2/c1-11(19-16(15-3-4-15)17(20)21-2)18-8-12-5-13(9-18)7-14(6-12)10-18/h11-16,19H,3-10H2,1-2H3. The zero-order valence-electron chi connectivity index (χ0n) is 13.4. The molecule has 0 spiro atoms. The lowest BCUT2D eigenvalue weighted by molar-refractivity contribution is -0.145. The molecule has 1 N–H and O–H groups in total. The minimum Gasteiger partial charge on any atom is -0.468 e. The maximum Gasteiger partial charge on any atom is 0.323 e. The van der Waals surface area contributed by atoms with Gasteiger partial charge in [-0.1, -0.05) is 0 Å². The first kappa shape index (κ1) is 14.0. The van der Waals surface area contributed by atoms with Crippen molar-refractivity contribution in [1.82, 2.24) is 5.32 Å². The smallest absolute Gasteiger partial charge is 0.323 e. The summed E-state index contributed by atoms with van der Waals surface area (Å²) in [6.45, 7) is 2.34. The molecule has 0 heterocycles. The third-order valence-electron chi connectivity index (χ3n) is 6.98. The molecule has 5 rings (SSSR count). The molecule has 0 aromatic carbocycles. The topological polar surface area (TPSA) is 38.3 Å². The van der Waals surface area contributed by atoms with Gasteiger partial charge in [-0.15, -0.1) is 0 Å². The minimum atomic E-state index is -0.0574. The van der Waals surface area contributed by atoms with E-state index in [-0.39, 0.29) is 12.0 Å². The fraction of sp³-hybridized carbons (Fsp3) is 0.944. The second kappa shape index (κ2) is 4.97.